The molecular formula is C25H26F7N3O. The molecule has 4 nitrogen and oxygen atoms in total. The molecule has 1 unspecified atom stereocenters. The van der Waals surface area contributed by atoms with Crippen LogP contribution in [-0.4, -0.2) is 42.0 Å². The van der Waals surface area contributed by atoms with E-state index in [1.54, 1.807) is 17.9 Å². The number of hydrogen-bond acceptors (Lipinski definition) is 2. The molecule has 0 bridgehead atoms. The van der Waals surface area contributed by atoms with Gasteiger partial charge in [0.05, 0.1) is 23.2 Å². The second kappa shape index (κ2) is 9.91. The fraction of sp³-hybridized carbons (Fsp3) is 0.480. The second-order valence-corrected chi connectivity index (χ2v) is 9.24. The van der Waals surface area contributed by atoms with Crippen LogP contribution >= 0.6 is 0 Å². The monoisotopic (exact) mass is 517 g/mol. The first-order valence-corrected chi connectivity index (χ1v) is 11.7. The number of urea groups is 1. The van der Waals surface area contributed by atoms with Crippen LogP contribution in [0.4, 0.5) is 35.5 Å². The molecule has 2 heterocycles. The molecule has 2 aromatic rings. The first kappa shape index (κ1) is 26.2. The molecule has 196 valence electrons. The highest BCUT2D eigenvalue weighted by atomic mass is 19.4. The van der Waals surface area contributed by atoms with Crippen molar-refractivity contribution in [2.75, 3.05) is 26.2 Å². The van der Waals surface area contributed by atoms with Gasteiger partial charge in [0.25, 0.3) is 0 Å². The summed E-state index contributed by atoms with van der Waals surface area (Å²) in [5.41, 5.74) is -1.61. The summed E-state index contributed by atoms with van der Waals surface area (Å²) in [6.45, 7) is 3.09. The molecule has 4 rings (SSSR count). The number of carbonyl (C=O) groups excluding carboxylic acids is 1. The van der Waals surface area contributed by atoms with Gasteiger partial charge in [-0.2, -0.15) is 26.3 Å². The van der Waals surface area contributed by atoms with Crippen molar-refractivity contribution < 1.29 is 35.5 Å². The fourth-order valence-electron chi connectivity index (χ4n) is 5.07. The molecule has 2 aliphatic rings. The Morgan fingerprint density at radius 2 is 1.53 bits per heavy atom. The van der Waals surface area contributed by atoms with Gasteiger partial charge in [-0.15, -0.1) is 0 Å². The SMILES string of the molecule is Cc1cc(F)ccc1[C@@H]1CNCCN1C(=O)N1CCCCC1c1cc(C(F)(F)F)cc(C(F)(F)F)c1. The molecule has 0 aromatic heterocycles. The van der Waals surface area contributed by atoms with Crippen LogP contribution in [0.15, 0.2) is 36.4 Å². The van der Waals surface area contributed by atoms with E-state index in [2.05, 4.69) is 5.32 Å². The van der Waals surface area contributed by atoms with Crippen molar-refractivity contribution in [1.82, 2.24) is 15.1 Å². The Balaban J connectivity index is 1.71. The molecule has 0 spiro atoms. The molecule has 2 saturated heterocycles. The Morgan fingerprint density at radius 1 is 0.889 bits per heavy atom. The van der Waals surface area contributed by atoms with Gasteiger partial charge >= 0.3 is 18.4 Å². The number of piperazine rings is 1. The second-order valence-electron chi connectivity index (χ2n) is 9.24. The summed E-state index contributed by atoms with van der Waals surface area (Å²) in [5.74, 6) is -0.418. The number of piperidine rings is 1. The summed E-state index contributed by atoms with van der Waals surface area (Å²) in [6, 6.07) is 3.93. The van der Waals surface area contributed by atoms with Gasteiger partial charge in [-0.3, -0.25) is 0 Å². The molecule has 2 aliphatic heterocycles. The number of hydrogen-bond donors (Lipinski definition) is 1. The molecule has 2 atom stereocenters. The standard InChI is InChI=1S/C25H26F7N3O/c1-15-10-19(26)5-6-20(15)22-14-33-7-9-35(22)23(36)34-8-3-2-4-21(34)16-11-17(24(27,28)29)13-18(12-16)25(30,31)32/h5-6,10-13,21-22,33H,2-4,7-9,14H2,1H3/t21?,22-/m0/s1. The maximum Gasteiger partial charge on any atom is 0.416 e. The van der Waals surface area contributed by atoms with Crippen LogP contribution in [0.2, 0.25) is 0 Å². The maximum atomic E-state index is 13.8. The number of halogens is 7. The zero-order valence-electron chi connectivity index (χ0n) is 19.5. The van der Waals surface area contributed by atoms with Crippen LogP contribution in [0.3, 0.4) is 0 Å². The zero-order valence-corrected chi connectivity index (χ0v) is 19.5. The third-order valence-corrected chi connectivity index (χ3v) is 6.82. The minimum atomic E-state index is -4.97. The van der Waals surface area contributed by atoms with E-state index < -0.39 is 47.4 Å². The van der Waals surface area contributed by atoms with E-state index in [1.807, 2.05) is 0 Å². The van der Waals surface area contributed by atoms with E-state index in [9.17, 15) is 35.5 Å². The highest BCUT2D eigenvalue weighted by Gasteiger charge is 2.40. The highest BCUT2D eigenvalue weighted by Crippen LogP contribution is 2.41. The summed E-state index contributed by atoms with van der Waals surface area (Å²) in [7, 11) is 0. The first-order valence-electron chi connectivity index (χ1n) is 11.7. The lowest BCUT2D eigenvalue weighted by Crippen LogP contribution is -2.54. The number of aryl methyl sites for hydroxylation is 1. The third-order valence-electron chi connectivity index (χ3n) is 6.82. The van der Waals surface area contributed by atoms with E-state index in [0.717, 1.165) is 5.56 Å². The van der Waals surface area contributed by atoms with Crippen LogP contribution in [0, 0.1) is 12.7 Å². The summed E-state index contributed by atoms with van der Waals surface area (Å²) in [6.07, 6.45) is -8.54. The van der Waals surface area contributed by atoms with Gasteiger partial charge in [0.1, 0.15) is 5.82 Å². The van der Waals surface area contributed by atoms with E-state index in [1.165, 1.54) is 17.0 Å². The van der Waals surface area contributed by atoms with Gasteiger partial charge in [-0.05, 0) is 73.2 Å². The Hall–Kier alpha value is -2.82. The predicted octanol–water partition coefficient (Wildman–Crippen LogP) is 6.47. The largest absolute Gasteiger partial charge is 0.416 e. The van der Waals surface area contributed by atoms with Gasteiger partial charge in [0.2, 0.25) is 0 Å². The van der Waals surface area contributed by atoms with Crippen LogP contribution < -0.4 is 5.32 Å². The topological polar surface area (TPSA) is 35.6 Å². The molecule has 0 saturated carbocycles. The lowest BCUT2D eigenvalue weighted by atomic mass is 9.92. The average molecular weight is 517 g/mol. The molecule has 0 aliphatic carbocycles. The Bertz CT molecular complexity index is 1080. The number of carbonyl (C=O) groups is 1. The van der Waals surface area contributed by atoms with Crippen LogP contribution in [-0.2, 0) is 12.4 Å². The summed E-state index contributed by atoms with van der Waals surface area (Å²) in [4.78, 5) is 16.7. The number of rotatable bonds is 2. The highest BCUT2D eigenvalue weighted by molar-refractivity contribution is 5.76. The normalized spacial score (nSPS) is 21.6. The van der Waals surface area contributed by atoms with Crippen molar-refractivity contribution in [3.8, 4) is 0 Å². The Kier molecular flexibility index (Phi) is 7.23. The molecule has 11 heteroatoms. The molecule has 0 radical (unpaired) electrons. The van der Waals surface area contributed by atoms with Crippen molar-refractivity contribution in [3.63, 3.8) is 0 Å². The quantitative estimate of drug-likeness (QED) is 0.464. The zero-order chi connectivity index (χ0) is 26.3. The molecule has 36 heavy (non-hydrogen) atoms. The van der Waals surface area contributed by atoms with Gasteiger partial charge < -0.3 is 15.1 Å². The fourth-order valence-corrected chi connectivity index (χ4v) is 5.07. The maximum absolute atomic E-state index is 13.8. The van der Waals surface area contributed by atoms with Gasteiger partial charge in [0, 0.05) is 26.2 Å². The van der Waals surface area contributed by atoms with Crippen molar-refractivity contribution in [2.45, 2.75) is 50.6 Å². The minimum absolute atomic E-state index is 0.0993. The van der Waals surface area contributed by atoms with Crippen LogP contribution in [0.25, 0.3) is 0 Å². The lowest BCUT2D eigenvalue weighted by Gasteiger charge is -2.44. The Labute approximate surface area is 204 Å². The van der Waals surface area contributed by atoms with Gasteiger partial charge in [-0.25, -0.2) is 9.18 Å². The van der Waals surface area contributed by atoms with E-state index in [4.69, 9.17) is 0 Å². The van der Waals surface area contributed by atoms with Crippen molar-refractivity contribution in [1.29, 1.82) is 0 Å². The lowest BCUT2D eigenvalue weighted by molar-refractivity contribution is -0.143. The summed E-state index contributed by atoms with van der Waals surface area (Å²) in [5, 5.41) is 3.20. The average Bonchev–Trinajstić information content (AvgIpc) is 2.82. The van der Waals surface area contributed by atoms with Gasteiger partial charge in [-0.1, -0.05) is 6.07 Å². The van der Waals surface area contributed by atoms with Gasteiger partial charge in [0.15, 0.2) is 0 Å². The number of likely N-dealkylation sites (tertiary alicyclic amines) is 1. The number of alkyl halides is 6. The number of benzene rings is 2. The summed E-state index contributed by atoms with van der Waals surface area (Å²) < 4.78 is 94.5. The molecule has 2 aromatic carbocycles. The Morgan fingerprint density at radius 3 is 2.14 bits per heavy atom. The molecule has 2 fully saturated rings. The molecule has 1 N–H and O–H groups in total. The summed E-state index contributed by atoms with van der Waals surface area (Å²) >= 11 is 0. The number of nitrogens with one attached hydrogen (secondary N) is 1. The van der Waals surface area contributed by atoms with Crippen molar-refractivity contribution in [3.05, 3.63) is 70.0 Å². The third kappa shape index (κ3) is 5.45. The minimum Gasteiger partial charge on any atom is -0.318 e. The number of nitrogens with zero attached hydrogens (tertiary/aromatic N) is 2. The van der Waals surface area contributed by atoms with Crippen LogP contribution in [0.5, 0.6) is 0 Å². The number of amides is 2. The molecular weight excluding hydrogens is 491 g/mol. The smallest absolute Gasteiger partial charge is 0.318 e. The first-order chi connectivity index (χ1) is 16.9. The van der Waals surface area contributed by atoms with Crippen LogP contribution in [0.1, 0.15) is 59.2 Å². The molecule has 2 amide bonds. The van der Waals surface area contributed by atoms with E-state index >= 15 is 0 Å². The van der Waals surface area contributed by atoms with E-state index in [0.29, 0.717) is 50.2 Å². The van der Waals surface area contributed by atoms with E-state index in [-0.39, 0.29) is 24.6 Å². The van der Waals surface area contributed by atoms with Crippen molar-refractivity contribution in [2.24, 2.45) is 0 Å². The predicted molar refractivity (Wildman–Crippen MR) is 119 cm³/mol. The van der Waals surface area contributed by atoms with Crippen molar-refractivity contribution >= 4 is 6.03 Å².